The van der Waals surface area contributed by atoms with Crippen LogP contribution in [-0.2, 0) is 4.79 Å². The van der Waals surface area contributed by atoms with Gasteiger partial charge in [-0.3, -0.25) is 19.7 Å². The molecule has 0 unspecified atom stereocenters. The monoisotopic (exact) mass is 329 g/mol. The van der Waals surface area contributed by atoms with Gasteiger partial charge in [-0.25, -0.2) is 0 Å². The zero-order valence-electron chi connectivity index (χ0n) is 12.8. The third-order valence-corrected chi connectivity index (χ3v) is 3.19. The zero-order valence-corrected chi connectivity index (χ0v) is 12.8. The Bertz CT molecular complexity index is 787. The van der Waals surface area contributed by atoms with Gasteiger partial charge >= 0.3 is 0 Å². The molecule has 124 valence electrons. The van der Waals surface area contributed by atoms with Crippen LogP contribution in [-0.4, -0.2) is 23.3 Å². The van der Waals surface area contributed by atoms with Crippen molar-refractivity contribution in [3.63, 3.8) is 0 Å². The number of hydrogen-bond acceptors (Lipinski definition) is 5. The fourth-order valence-corrected chi connectivity index (χ4v) is 1.99. The van der Waals surface area contributed by atoms with Crippen molar-refractivity contribution in [1.29, 1.82) is 0 Å². The van der Waals surface area contributed by atoms with Crippen LogP contribution in [0.15, 0.2) is 42.5 Å². The maximum absolute atomic E-state index is 11.8. The van der Waals surface area contributed by atoms with E-state index in [-0.39, 0.29) is 12.3 Å². The molecule has 0 spiro atoms. The van der Waals surface area contributed by atoms with Crippen LogP contribution in [0.1, 0.15) is 15.9 Å². The van der Waals surface area contributed by atoms with Gasteiger partial charge in [0.1, 0.15) is 5.75 Å². The Morgan fingerprint density at radius 1 is 1.21 bits per heavy atom. The topological polar surface area (TPSA) is 125 Å². The quantitative estimate of drug-likeness (QED) is 0.619. The fraction of sp³-hybridized carbons (Fsp3) is 0.125. The number of nitrogens with two attached hydrogens (primary N) is 1. The first-order valence-electron chi connectivity index (χ1n) is 6.94. The second-order valence-electron chi connectivity index (χ2n) is 4.98. The molecule has 2 amide bonds. The molecule has 0 radical (unpaired) electrons. The summed E-state index contributed by atoms with van der Waals surface area (Å²) >= 11 is 0. The number of anilines is 1. The van der Waals surface area contributed by atoms with Gasteiger partial charge in [0.15, 0.2) is 6.61 Å². The number of nitrogens with zero attached hydrogens (tertiary/aromatic N) is 1. The summed E-state index contributed by atoms with van der Waals surface area (Å²) in [5, 5.41) is 13.3. The number of primary amides is 1. The molecular weight excluding hydrogens is 314 g/mol. The molecule has 8 nitrogen and oxygen atoms in total. The number of ether oxygens (including phenoxy) is 1. The van der Waals surface area contributed by atoms with Crippen molar-refractivity contribution < 1.29 is 19.2 Å². The molecule has 0 saturated heterocycles. The van der Waals surface area contributed by atoms with E-state index in [2.05, 4.69) is 5.32 Å². The third kappa shape index (κ3) is 4.29. The molecule has 0 saturated carbocycles. The lowest BCUT2D eigenvalue weighted by Gasteiger charge is -2.08. The molecule has 0 aliphatic heterocycles. The Kier molecular flexibility index (Phi) is 5.10. The summed E-state index contributed by atoms with van der Waals surface area (Å²) < 4.78 is 5.31. The van der Waals surface area contributed by atoms with Crippen LogP contribution in [0.3, 0.4) is 0 Å². The van der Waals surface area contributed by atoms with Crippen LogP contribution in [0, 0.1) is 17.0 Å². The van der Waals surface area contributed by atoms with Crippen LogP contribution < -0.4 is 15.8 Å². The molecule has 0 aliphatic rings. The number of amides is 2. The minimum Gasteiger partial charge on any atom is -0.484 e. The number of carbonyl (C=O) groups is 2. The SMILES string of the molecule is Cc1cc(OCC(=O)Nc2ccc(C(N)=O)cc2)ccc1[N+](=O)[O-]. The third-order valence-electron chi connectivity index (χ3n) is 3.19. The van der Waals surface area contributed by atoms with Crippen molar-refractivity contribution in [1.82, 2.24) is 0 Å². The van der Waals surface area contributed by atoms with Crippen molar-refractivity contribution in [3.8, 4) is 5.75 Å². The summed E-state index contributed by atoms with van der Waals surface area (Å²) in [7, 11) is 0. The summed E-state index contributed by atoms with van der Waals surface area (Å²) in [5.74, 6) is -0.597. The van der Waals surface area contributed by atoms with E-state index < -0.39 is 16.7 Å². The zero-order chi connectivity index (χ0) is 17.7. The summed E-state index contributed by atoms with van der Waals surface area (Å²) in [4.78, 5) is 33.0. The number of hydrogen-bond donors (Lipinski definition) is 2. The van der Waals surface area contributed by atoms with Gasteiger partial charge in [-0.2, -0.15) is 0 Å². The van der Waals surface area contributed by atoms with E-state index in [4.69, 9.17) is 10.5 Å². The van der Waals surface area contributed by atoms with E-state index in [1.165, 1.54) is 30.3 Å². The molecule has 2 rings (SSSR count). The minimum absolute atomic E-state index is 0.0126. The molecule has 0 aromatic heterocycles. The van der Waals surface area contributed by atoms with Gasteiger partial charge in [0, 0.05) is 22.9 Å². The predicted molar refractivity (Wildman–Crippen MR) is 86.9 cm³/mol. The van der Waals surface area contributed by atoms with Gasteiger partial charge < -0.3 is 15.8 Å². The predicted octanol–water partition coefficient (Wildman–Crippen LogP) is 2.02. The van der Waals surface area contributed by atoms with Gasteiger partial charge in [-0.05, 0) is 43.3 Å². The van der Waals surface area contributed by atoms with Gasteiger partial charge in [0.2, 0.25) is 5.91 Å². The molecule has 0 heterocycles. The normalized spacial score (nSPS) is 10.0. The largest absolute Gasteiger partial charge is 0.484 e. The van der Waals surface area contributed by atoms with E-state index in [1.54, 1.807) is 19.1 Å². The number of carbonyl (C=O) groups excluding carboxylic acids is 2. The van der Waals surface area contributed by atoms with Crippen LogP contribution in [0.25, 0.3) is 0 Å². The number of nitro benzene ring substituents is 1. The van der Waals surface area contributed by atoms with Crippen molar-refractivity contribution in [2.75, 3.05) is 11.9 Å². The maximum atomic E-state index is 11.8. The highest BCUT2D eigenvalue weighted by Gasteiger charge is 2.11. The highest BCUT2D eigenvalue weighted by molar-refractivity contribution is 5.95. The molecule has 0 fully saturated rings. The Morgan fingerprint density at radius 3 is 2.42 bits per heavy atom. The van der Waals surface area contributed by atoms with Crippen molar-refractivity contribution >= 4 is 23.2 Å². The molecule has 24 heavy (non-hydrogen) atoms. The second-order valence-corrected chi connectivity index (χ2v) is 4.98. The molecule has 3 N–H and O–H groups in total. The van der Waals surface area contributed by atoms with E-state index in [0.717, 1.165) is 0 Å². The molecule has 0 aliphatic carbocycles. The molecular formula is C16H15N3O5. The fourth-order valence-electron chi connectivity index (χ4n) is 1.99. The Morgan fingerprint density at radius 2 is 1.88 bits per heavy atom. The van der Waals surface area contributed by atoms with Crippen LogP contribution >= 0.6 is 0 Å². The van der Waals surface area contributed by atoms with Crippen LogP contribution in [0.2, 0.25) is 0 Å². The van der Waals surface area contributed by atoms with Gasteiger partial charge in [-0.1, -0.05) is 0 Å². The Balaban J connectivity index is 1.92. The molecule has 8 heteroatoms. The van der Waals surface area contributed by atoms with Crippen LogP contribution in [0.5, 0.6) is 5.75 Å². The first kappa shape index (κ1) is 16.9. The number of benzene rings is 2. The number of rotatable bonds is 6. The van der Waals surface area contributed by atoms with Crippen molar-refractivity contribution in [3.05, 3.63) is 63.7 Å². The standard InChI is InChI=1S/C16H15N3O5/c1-10-8-13(6-7-14(10)19(22)23)24-9-15(20)18-12-4-2-11(3-5-12)16(17)21/h2-8H,9H2,1H3,(H2,17,21)(H,18,20). The second kappa shape index (κ2) is 7.23. The number of nitrogens with one attached hydrogen (secondary N) is 1. The number of nitro groups is 1. The summed E-state index contributed by atoms with van der Waals surface area (Å²) in [5.41, 5.74) is 6.39. The van der Waals surface area contributed by atoms with Crippen LogP contribution in [0.4, 0.5) is 11.4 Å². The molecule has 2 aromatic carbocycles. The minimum atomic E-state index is -0.551. The lowest BCUT2D eigenvalue weighted by molar-refractivity contribution is -0.385. The van der Waals surface area contributed by atoms with Gasteiger partial charge in [0.05, 0.1) is 4.92 Å². The lowest BCUT2D eigenvalue weighted by Crippen LogP contribution is -2.20. The van der Waals surface area contributed by atoms with E-state index >= 15 is 0 Å². The average Bonchev–Trinajstić information content (AvgIpc) is 2.53. The highest BCUT2D eigenvalue weighted by Crippen LogP contribution is 2.23. The summed E-state index contributed by atoms with van der Waals surface area (Å²) in [6, 6.07) is 10.3. The molecule has 0 atom stereocenters. The van der Waals surface area contributed by atoms with E-state index in [0.29, 0.717) is 22.6 Å². The van der Waals surface area contributed by atoms with E-state index in [1.807, 2.05) is 0 Å². The van der Waals surface area contributed by atoms with E-state index in [9.17, 15) is 19.7 Å². The molecule has 2 aromatic rings. The number of aryl methyl sites for hydroxylation is 1. The highest BCUT2D eigenvalue weighted by atomic mass is 16.6. The maximum Gasteiger partial charge on any atom is 0.272 e. The lowest BCUT2D eigenvalue weighted by atomic mass is 10.2. The first-order valence-corrected chi connectivity index (χ1v) is 6.94. The first-order chi connectivity index (χ1) is 11.4. The Hall–Kier alpha value is -3.42. The molecule has 0 bridgehead atoms. The smallest absolute Gasteiger partial charge is 0.272 e. The average molecular weight is 329 g/mol. The summed E-state index contributed by atoms with van der Waals surface area (Å²) in [6.07, 6.45) is 0. The van der Waals surface area contributed by atoms with Gasteiger partial charge in [0.25, 0.3) is 11.6 Å². The Labute approximate surface area is 137 Å². The van der Waals surface area contributed by atoms with Gasteiger partial charge in [-0.15, -0.1) is 0 Å². The van der Waals surface area contributed by atoms with Crippen molar-refractivity contribution in [2.45, 2.75) is 6.92 Å². The summed E-state index contributed by atoms with van der Waals surface area (Å²) in [6.45, 7) is 1.33. The van der Waals surface area contributed by atoms with Crippen molar-refractivity contribution in [2.24, 2.45) is 5.73 Å².